The van der Waals surface area contributed by atoms with Crippen molar-refractivity contribution in [3.8, 4) is 0 Å². The van der Waals surface area contributed by atoms with E-state index in [0.717, 1.165) is 25.9 Å². The lowest BCUT2D eigenvalue weighted by atomic mass is 10.2. The molecule has 6 heteroatoms. The fourth-order valence-corrected chi connectivity index (χ4v) is 2.88. The van der Waals surface area contributed by atoms with E-state index in [1.165, 1.54) is 0 Å². The minimum absolute atomic E-state index is 0.0198. The molecule has 0 aromatic carbocycles. The molecule has 0 aliphatic carbocycles. The largest absolute Gasteiger partial charge is 0.372 e. The van der Waals surface area contributed by atoms with Crippen LogP contribution in [0, 0.1) is 0 Å². The first-order valence-corrected chi connectivity index (χ1v) is 7.19. The van der Waals surface area contributed by atoms with Crippen LogP contribution < -0.4 is 5.32 Å². The van der Waals surface area contributed by atoms with Gasteiger partial charge in [-0.3, -0.25) is 4.79 Å². The third-order valence-electron chi connectivity index (χ3n) is 3.54. The van der Waals surface area contributed by atoms with Crippen molar-refractivity contribution in [3.63, 3.8) is 0 Å². The molecule has 1 aliphatic rings. The van der Waals surface area contributed by atoms with Gasteiger partial charge in [-0.1, -0.05) is 11.6 Å². The zero-order valence-corrected chi connectivity index (χ0v) is 12.9. The number of amides is 1. The monoisotopic (exact) mass is 296 g/mol. The van der Waals surface area contributed by atoms with Crippen molar-refractivity contribution in [2.24, 2.45) is 0 Å². The lowest BCUT2D eigenvalue weighted by Crippen LogP contribution is -2.41. The Morgan fingerprint density at radius 2 is 2.35 bits per heavy atom. The van der Waals surface area contributed by atoms with Gasteiger partial charge in [0.2, 0.25) is 0 Å². The number of likely N-dealkylation sites (N-methyl/N-ethyl adjacent to an activating group) is 1. The van der Waals surface area contributed by atoms with Crippen LogP contribution in [-0.4, -0.2) is 61.0 Å². The average molecular weight is 297 g/mol. The fourth-order valence-electron chi connectivity index (χ4n) is 2.62. The molecule has 0 spiro atoms. The van der Waals surface area contributed by atoms with Crippen LogP contribution in [0.25, 0.3) is 0 Å². The summed E-state index contributed by atoms with van der Waals surface area (Å²) in [6.45, 7) is 1.70. The molecule has 1 amide bonds. The second kappa shape index (κ2) is 6.41. The Kier molecular flexibility index (Phi) is 4.83. The number of likely N-dealkylation sites (tertiary alicyclic amines) is 1. The summed E-state index contributed by atoms with van der Waals surface area (Å²) in [6, 6.07) is 1.97. The summed E-state index contributed by atoms with van der Waals surface area (Å²) in [4.78, 5) is 20.8. The number of pyridine rings is 1. The summed E-state index contributed by atoms with van der Waals surface area (Å²) >= 11 is 6.10. The van der Waals surface area contributed by atoms with E-state index in [1.807, 2.05) is 19.0 Å². The number of halogens is 1. The second-order valence-corrected chi connectivity index (χ2v) is 5.77. The predicted octanol–water partition coefficient (Wildman–Crippen LogP) is 1.94. The Balaban J connectivity index is 2.16. The van der Waals surface area contributed by atoms with Crippen LogP contribution in [-0.2, 0) is 0 Å². The second-order valence-electron chi connectivity index (χ2n) is 5.36. The summed E-state index contributed by atoms with van der Waals surface area (Å²) in [5.74, 6) is 0.612. The molecule has 1 fully saturated rings. The van der Waals surface area contributed by atoms with E-state index in [1.54, 1.807) is 19.3 Å². The van der Waals surface area contributed by atoms with E-state index in [9.17, 15) is 4.79 Å². The molecular weight excluding hydrogens is 276 g/mol. The van der Waals surface area contributed by atoms with Crippen molar-refractivity contribution in [1.29, 1.82) is 0 Å². The molecule has 0 bridgehead atoms. The molecule has 1 unspecified atom stereocenters. The number of aromatic nitrogens is 1. The van der Waals surface area contributed by atoms with Crippen LogP contribution in [0.15, 0.2) is 12.3 Å². The van der Waals surface area contributed by atoms with Crippen LogP contribution >= 0.6 is 11.6 Å². The summed E-state index contributed by atoms with van der Waals surface area (Å²) in [7, 11) is 5.81. The quantitative estimate of drug-likeness (QED) is 0.922. The minimum atomic E-state index is 0.0198. The van der Waals surface area contributed by atoms with Crippen LogP contribution in [0.4, 0.5) is 5.82 Å². The number of hydrogen-bond acceptors (Lipinski definition) is 4. The predicted molar refractivity (Wildman–Crippen MR) is 81.4 cm³/mol. The highest BCUT2D eigenvalue weighted by Gasteiger charge is 2.30. The first-order valence-electron chi connectivity index (χ1n) is 6.82. The Bertz CT molecular complexity index is 492. The Labute approximate surface area is 124 Å². The molecule has 1 aromatic rings. The summed E-state index contributed by atoms with van der Waals surface area (Å²) < 4.78 is 0. The summed E-state index contributed by atoms with van der Waals surface area (Å²) in [5, 5.41) is 3.36. The molecule has 1 aromatic heterocycles. The summed E-state index contributed by atoms with van der Waals surface area (Å²) in [5.41, 5.74) is 0.555. The highest BCUT2D eigenvalue weighted by molar-refractivity contribution is 6.33. The van der Waals surface area contributed by atoms with Crippen LogP contribution in [0.1, 0.15) is 23.2 Å². The first kappa shape index (κ1) is 15.1. The van der Waals surface area contributed by atoms with Gasteiger partial charge < -0.3 is 15.1 Å². The van der Waals surface area contributed by atoms with Crippen molar-refractivity contribution in [2.45, 2.75) is 18.9 Å². The van der Waals surface area contributed by atoms with E-state index in [4.69, 9.17) is 11.6 Å². The Hall–Kier alpha value is -1.33. The minimum Gasteiger partial charge on any atom is -0.372 e. The van der Waals surface area contributed by atoms with Crippen LogP contribution in [0.5, 0.6) is 0 Å². The van der Waals surface area contributed by atoms with Crippen LogP contribution in [0.3, 0.4) is 0 Å². The number of carbonyl (C=O) groups excluding carboxylic acids is 1. The third-order valence-corrected chi connectivity index (χ3v) is 3.83. The van der Waals surface area contributed by atoms with Gasteiger partial charge in [-0.2, -0.15) is 0 Å². The molecule has 0 saturated carbocycles. The SMILES string of the molecule is CNc1ncc(C(=O)N2CCCC2CN(C)C)cc1Cl. The number of nitrogens with zero attached hydrogens (tertiary/aromatic N) is 3. The van der Waals surface area contributed by atoms with Crippen molar-refractivity contribution < 1.29 is 4.79 Å². The molecule has 5 nitrogen and oxygen atoms in total. The number of hydrogen-bond donors (Lipinski definition) is 1. The standard InChI is InChI=1S/C14H21ClN4O/c1-16-13-12(15)7-10(8-17-13)14(20)19-6-4-5-11(19)9-18(2)3/h7-8,11H,4-6,9H2,1-3H3,(H,16,17). The molecule has 2 rings (SSSR count). The van der Waals surface area contributed by atoms with Crippen molar-refractivity contribution >= 4 is 23.3 Å². The van der Waals surface area contributed by atoms with Gasteiger partial charge in [0, 0.05) is 32.4 Å². The zero-order valence-electron chi connectivity index (χ0n) is 12.2. The Morgan fingerprint density at radius 3 is 2.95 bits per heavy atom. The maximum absolute atomic E-state index is 12.6. The van der Waals surface area contributed by atoms with E-state index in [-0.39, 0.29) is 11.9 Å². The molecule has 0 radical (unpaired) electrons. The molecule has 1 aliphatic heterocycles. The van der Waals surface area contributed by atoms with Gasteiger partial charge in [0.05, 0.1) is 10.6 Å². The summed E-state index contributed by atoms with van der Waals surface area (Å²) in [6.07, 6.45) is 3.70. The molecular formula is C14H21ClN4O. The third kappa shape index (κ3) is 3.22. The lowest BCUT2D eigenvalue weighted by Gasteiger charge is -2.27. The lowest BCUT2D eigenvalue weighted by molar-refractivity contribution is 0.0716. The van der Waals surface area contributed by atoms with E-state index in [2.05, 4.69) is 15.2 Å². The zero-order chi connectivity index (χ0) is 14.7. The first-order chi connectivity index (χ1) is 9.52. The Morgan fingerprint density at radius 1 is 1.60 bits per heavy atom. The van der Waals surface area contributed by atoms with Crippen molar-refractivity contribution in [2.75, 3.05) is 39.5 Å². The van der Waals surface area contributed by atoms with E-state index >= 15 is 0 Å². The smallest absolute Gasteiger partial charge is 0.255 e. The number of rotatable bonds is 4. The number of anilines is 1. The molecule has 20 heavy (non-hydrogen) atoms. The molecule has 1 atom stereocenters. The molecule has 1 N–H and O–H groups in total. The molecule has 1 saturated heterocycles. The van der Waals surface area contributed by atoms with Gasteiger partial charge in [0.1, 0.15) is 5.82 Å². The average Bonchev–Trinajstić information content (AvgIpc) is 2.85. The maximum atomic E-state index is 12.6. The van der Waals surface area contributed by atoms with Gasteiger partial charge >= 0.3 is 0 Å². The van der Waals surface area contributed by atoms with E-state index in [0.29, 0.717) is 16.4 Å². The molecule has 110 valence electrons. The maximum Gasteiger partial charge on any atom is 0.255 e. The topological polar surface area (TPSA) is 48.5 Å². The number of carbonyl (C=O) groups is 1. The van der Waals surface area contributed by atoms with Crippen molar-refractivity contribution in [3.05, 3.63) is 22.8 Å². The van der Waals surface area contributed by atoms with Gasteiger partial charge in [0.25, 0.3) is 5.91 Å². The highest BCUT2D eigenvalue weighted by Crippen LogP contribution is 2.24. The number of nitrogens with one attached hydrogen (secondary N) is 1. The van der Waals surface area contributed by atoms with Crippen LogP contribution in [0.2, 0.25) is 5.02 Å². The van der Waals surface area contributed by atoms with Gasteiger partial charge in [-0.15, -0.1) is 0 Å². The fraction of sp³-hybridized carbons (Fsp3) is 0.571. The van der Waals surface area contributed by atoms with Gasteiger partial charge in [0.15, 0.2) is 0 Å². The normalized spacial score (nSPS) is 18.6. The van der Waals surface area contributed by atoms with E-state index < -0.39 is 0 Å². The van der Waals surface area contributed by atoms with Gasteiger partial charge in [-0.05, 0) is 33.0 Å². The van der Waals surface area contributed by atoms with Gasteiger partial charge in [-0.25, -0.2) is 4.98 Å². The molecule has 2 heterocycles. The van der Waals surface area contributed by atoms with Crippen molar-refractivity contribution in [1.82, 2.24) is 14.8 Å². The highest BCUT2D eigenvalue weighted by atomic mass is 35.5.